The van der Waals surface area contributed by atoms with Gasteiger partial charge in [0, 0.05) is 32.2 Å². The van der Waals surface area contributed by atoms with Crippen LogP contribution in [0.2, 0.25) is 0 Å². The molecule has 0 bridgehead atoms. The van der Waals surface area contributed by atoms with Gasteiger partial charge in [0.1, 0.15) is 17.5 Å². The van der Waals surface area contributed by atoms with Crippen molar-refractivity contribution in [3.63, 3.8) is 0 Å². The van der Waals surface area contributed by atoms with Gasteiger partial charge in [-0.3, -0.25) is 0 Å². The van der Waals surface area contributed by atoms with Gasteiger partial charge in [-0.15, -0.1) is 0 Å². The highest BCUT2D eigenvalue weighted by atomic mass is 32.2. The van der Waals surface area contributed by atoms with E-state index in [-0.39, 0.29) is 0 Å². The topological polar surface area (TPSA) is 87.2 Å². The van der Waals surface area contributed by atoms with E-state index in [2.05, 4.69) is 24.9 Å². The lowest BCUT2D eigenvalue weighted by Crippen LogP contribution is -2.31. The minimum Gasteiger partial charge on any atom is -0.369 e. The van der Waals surface area contributed by atoms with Crippen molar-refractivity contribution in [2.24, 2.45) is 0 Å². The molecule has 21 heavy (non-hydrogen) atoms. The quantitative estimate of drug-likeness (QED) is 0.753. The first kappa shape index (κ1) is 16.0. The van der Waals surface area contributed by atoms with Crippen LogP contribution in [-0.4, -0.2) is 50.8 Å². The van der Waals surface area contributed by atoms with Gasteiger partial charge >= 0.3 is 0 Å². The Morgan fingerprint density at radius 2 is 1.90 bits per heavy atom. The molecule has 8 heteroatoms. The highest BCUT2D eigenvalue weighted by Gasteiger charge is 2.13. The molecule has 2 rings (SSSR count). The third-order valence-corrected chi connectivity index (χ3v) is 4.03. The zero-order chi connectivity index (χ0) is 15.3. The summed E-state index contributed by atoms with van der Waals surface area (Å²) in [5, 5.41) is 3.13. The average molecular weight is 313 g/mol. The van der Waals surface area contributed by atoms with Crippen LogP contribution in [0, 0.1) is 6.92 Å². The van der Waals surface area contributed by atoms with Crippen molar-refractivity contribution in [1.29, 1.82) is 0 Å². The van der Waals surface area contributed by atoms with Gasteiger partial charge in [-0.2, -0.15) is 0 Å². The first-order chi connectivity index (χ1) is 9.94. The molecule has 1 fully saturated rings. The van der Waals surface area contributed by atoms with E-state index in [0.29, 0.717) is 13.1 Å². The van der Waals surface area contributed by atoms with Gasteiger partial charge in [0.15, 0.2) is 0 Å². The molecule has 0 aromatic carbocycles. The van der Waals surface area contributed by atoms with Crippen molar-refractivity contribution < 1.29 is 8.42 Å². The summed E-state index contributed by atoms with van der Waals surface area (Å²) in [7, 11) is -3.14. The molecule has 1 aromatic rings. The normalized spacial score (nSPS) is 16.0. The number of rotatable bonds is 6. The molecule has 0 unspecified atom stereocenters. The molecule has 0 atom stereocenters. The van der Waals surface area contributed by atoms with Crippen molar-refractivity contribution in [1.82, 2.24) is 14.7 Å². The fraction of sp³-hybridized carbons (Fsp3) is 0.692. The van der Waals surface area contributed by atoms with Gasteiger partial charge < -0.3 is 10.2 Å². The van der Waals surface area contributed by atoms with Gasteiger partial charge in [0.05, 0.1) is 6.26 Å². The maximum Gasteiger partial charge on any atom is 0.208 e. The van der Waals surface area contributed by atoms with E-state index in [1.807, 2.05) is 13.0 Å². The van der Waals surface area contributed by atoms with Crippen molar-refractivity contribution >= 4 is 21.7 Å². The molecule has 0 amide bonds. The molecule has 0 radical (unpaired) electrons. The fourth-order valence-electron chi connectivity index (χ4n) is 2.35. The zero-order valence-electron chi connectivity index (χ0n) is 12.6. The summed E-state index contributed by atoms with van der Waals surface area (Å²) >= 11 is 0. The molecule has 1 aliphatic heterocycles. The second-order valence-corrected chi connectivity index (χ2v) is 7.13. The molecule has 0 aliphatic carbocycles. The van der Waals surface area contributed by atoms with Crippen LogP contribution in [0.5, 0.6) is 0 Å². The lowest BCUT2D eigenvalue weighted by Gasteiger charge is -2.28. The summed E-state index contributed by atoms with van der Waals surface area (Å²) < 4.78 is 24.4. The number of hydrogen-bond donors (Lipinski definition) is 2. The number of nitrogens with one attached hydrogen (secondary N) is 2. The van der Waals surface area contributed by atoms with E-state index in [1.165, 1.54) is 19.3 Å². The molecular weight excluding hydrogens is 290 g/mol. The third-order valence-electron chi connectivity index (χ3n) is 3.30. The maximum absolute atomic E-state index is 11.0. The highest BCUT2D eigenvalue weighted by molar-refractivity contribution is 7.88. The molecule has 0 saturated carbocycles. The molecule has 1 aliphatic rings. The van der Waals surface area contributed by atoms with E-state index in [4.69, 9.17) is 0 Å². The number of hydrogen-bond acceptors (Lipinski definition) is 6. The zero-order valence-corrected chi connectivity index (χ0v) is 13.4. The van der Waals surface area contributed by atoms with Gasteiger partial charge in [0.2, 0.25) is 10.0 Å². The van der Waals surface area contributed by atoms with Crippen molar-refractivity contribution in [3.05, 3.63) is 11.9 Å². The molecule has 7 nitrogen and oxygen atoms in total. The molecule has 0 spiro atoms. The second-order valence-electron chi connectivity index (χ2n) is 5.30. The third kappa shape index (κ3) is 5.47. The van der Waals surface area contributed by atoms with Gasteiger partial charge in [-0.05, 0) is 26.2 Å². The van der Waals surface area contributed by atoms with Crippen molar-refractivity contribution in [2.75, 3.05) is 42.7 Å². The fourth-order valence-corrected chi connectivity index (χ4v) is 2.83. The Kier molecular flexibility index (Phi) is 5.35. The van der Waals surface area contributed by atoms with E-state index in [1.54, 1.807) is 0 Å². The van der Waals surface area contributed by atoms with Crippen LogP contribution in [0.4, 0.5) is 11.6 Å². The Bertz CT molecular complexity index is 570. The SMILES string of the molecule is Cc1nc(NCCNS(C)(=O)=O)cc(N2CCCCC2)n1. The van der Waals surface area contributed by atoms with Gasteiger partial charge in [-0.1, -0.05) is 0 Å². The van der Waals surface area contributed by atoms with Gasteiger partial charge in [0.25, 0.3) is 0 Å². The first-order valence-corrected chi connectivity index (χ1v) is 9.12. The van der Waals surface area contributed by atoms with Crippen molar-refractivity contribution in [3.8, 4) is 0 Å². The molecule has 1 saturated heterocycles. The van der Waals surface area contributed by atoms with Crippen LogP contribution in [0.3, 0.4) is 0 Å². The smallest absolute Gasteiger partial charge is 0.208 e. The minimum atomic E-state index is -3.14. The standard InChI is InChI=1S/C13H23N5O2S/c1-11-16-12(14-6-7-15-21(2,19)20)10-13(17-11)18-8-4-3-5-9-18/h10,15H,3-9H2,1-2H3,(H,14,16,17). The molecule has 2 heterocycles. The molecule has 2 N–H and O–H groups in total. The highest BCUT2D eigenvalue weighted by Crippen LogP contribution is 2.20. The number of anilines is 2. The summed E-state index contributed by atoms with van der Waals surface area (Å²) in [4.78, 5) is 11.1. The average Bonchev–Trinajstić information content (AvgIpc) is 2.43. The Morgan fingerprint density at radius 1 is 1.19 bits per heavy atom. The number of aryl methyl sites for hydroxylation is 1. The van der Waals surface area contributed by atoms with Crippen LogP contribution >= 0.6 is 0 Å². The number of sulfonamides is 1. The summed E-state index contributed by atoms with van der Waals surface area (Å²) in [6, 6.07) is 1.93. The summed E-state index contributed by atoms with van der Waals surface area (Å²) in [6.45, 7) is 4.76. The second kappa shape index (κ2) is 7.04. The Morgan fingerprint density at radius 3 is 2.57 bits per heavy atom. The largest absolute Gasteiger partial charge is 0.369 e. The molecular formula is C13H23N5O2S. The molecule has 118 valence electrons. The predicted octanol–water partition coefficient (Wildman–Crippen LogP) is 0.736. The Labute approximate surface area is 126 Å². The molecule has 1 aromatic heterocycles. The van der Waals surface area contributed by atoms with Crippen LogP contribution in [-0.2, 0) is 10.0 Å². The van der Waals surface area contributed by atoms with E-state index < -0.39 is 10.0 Å². The summed E-state index contributed by atoms with van der Waals surface area (Å²) in [5.41, 5.74) is 0. The maximum atomic E-state index is 11.0. The first-order valence-electron chi connectivity index (χ1n) is 7.23. The van der Waals surface area contributed by atoms with Crippen molar-refractivity contribution in [2.45, 2.75) is 26.2 Å². The van der Waals surface area contributed by atoms with Gasteiger partial charge in [-0.25, -0.2) is 23.1 Å². The monoisotopic (exact) mass is 313 g/mol. The minimum absolute atomic E-state index is 0.334. The summed E-state index contributed by atoms with van der Waals surface area (Å²) in [6.07, 6.45) is 4.83. The van der Waals surface area contributed by atoms with Crippen LogP contribution in [0.15, 0.2) is 6.07 Å². The lowest BCUT2D eigenvalue weighted by molar-refractivity contribution is 0.572. The lowest BCUT2D eigenvalue weighted by atomic mass is 10.1. The Balaban J connectivity index is 1.95. The predicted molar refractivity (Wildman–Crippen MR) is 84.2 cm³/mol. The van der Waals surface area contributed by atoms with Crippen LogP contribution in [0.1, 0.15) is 25.1 Å². The summed E-state index contributed by atoms with van der Waals surface area (Å²) in [5.74, 6) is 2.40. The van der Waals surface area contributed by atoms with Crippen LogP contribution < -0.4 is 14.9 Å². The number of nitrogens with zero attached hydrogens (tertiary/aromatic N) is 3. The van der Waals surface area contributed by atoms with E-state index in [9.17, 15) is 8.42 Å². The van der Waals surface area contributed by atoms with Crippen LogP contribution in [0.25, 0.3) is 0 Å². The van der Waals surface area contributed by atoms with E-state index in [0.717, 1.165) is 36.8 Å². The van der Waals surface area contributed by atoms with E-state index >= 15 is 0 Å². The number of aromatic nitrogens is 2. The number of piperidine rings is 1. The Hall–Kier alpha value is -1.41.